The third-order valence-corrected chi connectivity index (χ3v) is 3.33. The van der Waals surface area contributed by atoms with Crippen molar-refractivity contribution < 1.29 is 14.5 Å². The SMILES string of the molecule is CC(C)(C)OC(=O)Nc1ccc(-c2nccs2)cc1[N+](=O)[O-]. The van der Waals surface area contributed by atoms with E-state index in [2.05, 4.69) is 10.3 Å². The quantitative estimate of drug-likeness (QED) is 0.679. The Balaban J connectivity index is 2.28. The molecule has 0 aliphatic heterocycles. The minimum Gasteiger partial charge on any atom is -0.444 e. The number of thiazole rings is 1. The monoisotopic (exact) mass is 321 g/mol. The van der Waals surface area contributed by atoms with Crippen LogP contribution in [0.1, 0.15) is 20.8 Å². The van der Waals surface area contributed by atoms with Gasteiger partial charge in [0, 0.05) is 23.2 Å². The van der Waals surface area contributed by atoms with Crippen molar-refractivity contribution in [3.63, 3.8) is 0 Å². The Morgan fingerprint density at radius 3 is 2.68 bits per heavy atom. The van der Waals surface area contributed by atoms with Gasteiger partial charge < -0.3 is 4.74 Å². The highest BCUT2D eigenvalue weighted by molar-refractivity contribution is 7.13. The first kappa shape index (κ1) is 15.9. The average molecular weight is 321 g/mol. The van der Waals surface area contributed by atoms with Crippen LogP contribution in [0.3, 0.4) is 0 Å². The number of nitro groups is 1. The Hall–Kier alpha value is -2.48. The maximum Gasteiger partial charge on any atom is 0.412 e. The largest absolute Gasteiger partial charge is 0.444 e. The maximum atomic E-state index is 11.8. The van der Waals surface area contributed by atoms with Crippen LogP contribution in [0.4, 0.5) is 16.2 Å². The maximum absolute atomic E-state index is 11.8. The first-order chi connectivity index (χ1) is 10.3. The highest BCUT2D eigenvalue weighted by atomic mass is 32.1. The van der Waals surface area contributed by atoms with Crippen molar-refractivity contribution in [1.29, 1.82) is 0 Å². The summed E-state index contributed by atoms with van der Waals surface area (Å²) in [5, 5.41) is 16.1. The third-order valence-electron chi connectivity index (χ3n) is 2.51. The van der Waals surface area contributed by atoms with E-state index in [4.69, 9.17) is 4.74 Å². The van der Waals surface area contributed by atoms with Crippen LogP contribution in [0.25, 0.3) is 10.6 Å². The van der Waals surface area contributed by atoms with E-state index in [9.17, 15) is 14.9 Å². The lowest BCUT2D eigenvalue weighted by Crippen LogP contribution is -2.27. The van der Waals surface area contributed by atoms with Crippen LogP contribution in [-0.4, -0.2) is 21.6 Å². The van der Waals surface area contributed by atoms with Crippen molar-refractivity contribution in [1.82, 2.24) is 4.98 Å². The summed E-state index contributed by atoms with van der Waals surface area (Å²) in [5.74, 6) is 0. The van der Waals surface area contributed by atoms with E-state index in [1.54, 1.807) is 38.4 Å². The molecule has 0 fully saturated rings. The zero-order valence-corrected chi connectivity index (χ0v) is 13.1. The number of nitro benzene ring substituents is 1. The van der Waals surface area contributed by atoms with Crippen LogP contribution in [0.5, 0.6) is 0 Å². The Labute approximate surface area is 131 Å². The lowest BCUT2D eigenvalue weighted by Gasteiger charge is -2.19. The molecule has 8 heteroatoms. The molecule has 0 saturated carbocycles. The summed E-state index contributed by atoms with van der Waals surface area (Å²) < 4.78 is 5.10. The molecule has 1 heterocycles. The minimum atomic E-state index is -0.738. The van der Waals surface area contributed by atoms with Gasteiger partial charge in [0.05, 0.1) is 4.92 Å². The number of anilines is 1. The summed E-state index contributed by atoms with van der Waals surface area (Å²) in [6.07, 6.45) is 0.885. The molecule has 7 nitrogen and oxygen atoms in total. The number of nitrogens with one attached hydrogen (secondary N) is 1. The number of carbonyl (C=O) groups is 1. The molecule has 0 unspecified atom stereocenters. The first-order valence-corrected chi connectivity index (χ1v) is 7.32. The van der Waals surface area contributed by atoms with E-state index in [0.29, 0.717) is 10.6 Å². The molecule has 2 aromatic rings. The first-order valence-electron chi connectivity index (χ1n) is 6.44. The minimum absolute atomic E-state index is 0.0829. The van der Waals surface area contributed by atoms with Gasteiger partial charge in [0.25, 0.3) is 5.69 Å². The van der Waals surface area contributed by atoms with Gasteiger partial charge in [-0.05, 0) is 32.9 Å². The number of ether oxygens (including phenoxy) is 1. The van der Waals surface area contributed by atoms with Crippen molar-refractivity contribution >= 4 is 28.8 Å². The Morgan fingerprint density at radius 2 is 2.14 bits per heavy atom. The molecular formula is C14H15N3O4S. The predicted octanol–water partition coefficient (Wildman–Crippen LogP) is 4.07. The fourth-order valence-corrected chi connectivity index (χ4v) is 2.34. The summed E-state index contributed by atoms with van der Waals surface area (Å²) in [4.78, 5) is 26.5. The summed E-state index contributed by atoms with van der Waals surface area (Å²) in [5.41, 5.74) is -0.186. The van der Waals surface area contributed by atoms with E-state index >= 15 is 0 Å². The van der Waals surface area contributed by atoms with Gasteiger partial charge in [-0.15, -0.1) is 11.3 Å². The van der Waals surface area contributed by atoms with E-state index in [0.717, 1.165) is 0 Å². The number of amides is 1. The number of nitrogens with zero attached hydrogens (tertiary/aromatic N) is 2. The average Bonchev–Trinajstić information content (AvgIpc) is 2.90. The van der Waals surface area contributed by atoms with Gasteiger partial charge in [-0.25, -0.2) is 9.78 Å². The smallest absolute Gasteiger partial charge is 0.412 e. The highest BCUT2D eigenvalue weighted by Crippen LogP contribution is 2.31. The van der Waals surface area contributed by atoms with Crippen molar-refractivity contribution in [3.05, 3.63) is 39.9 Å². The fourth-order valence-electron chi connectivity index (χ4n) is 1.70. The topological polar surface area (TPSA) is 94.4 Å². The molecule has 0 saturated heterocycles. The molecule has 2 rings (SSSR count). The molecule has 1 aromatic heterocycles. The van der Waals surface area contributed by atoms with Gasteiger partial charge in [0.2, 0.25) is 0 Å². The molecule has 0 aliphatic rings. The summed E-state index contributed by atoms with van der Waals surface area (Å²) in [6.45, 7) is 5.14. The number of benzene rings is 1. The van der Waals surface area contributed by atoms with Gasteiger partial charge in [0.15, 0.2) is 0 Å². The van der Waals surface area contributed by atoms with Gasteiger partial charge in [-0.3, -0.25) is 15.4 Å². The number of rotatable bonds is 3. The lowest BCUT2D eigenvalue weighted by molar-refractivity contribution is -0.383. The van der Waals surface area contributed by atoms with Crippen molar-refractivity contribution in [2.45, 2.75) is 26.4 Å². The summed E-state index contributed by atoms with van der Waals surface area (Å²) in [7, 11) is 0. The standard InChI is InChI=1S/C14H15N3O4S/c1-14(2,3)21-13(18)16-10-5-4-9(8-11(10)17(19)20)12-15-6-7-22-12/h4-8H,1-3H3,(H,16,18). The molecule has 1 N–H and O–H groups in total. The van der Waals surface area contributed by atoms with Crippen molar-refractivity contribution in [3.8, 4) is 10.6 Å². The third kappa shape index (κ3) is 4.01. The number of aromatic nitrogens is 1. The van der Waals surface area contributed by atoms with E-state index < -0.39 is 16.6 Å². The van der Waals surface area contributed by atoms with Crippen LogP contribution in [0, 0.1) is 10.1 Å². The van der Waals surface area contributed by atoms with Crippen molar-refractivity contribution in [2.75, 3.05) is 5.32 Å². The molecule has 22 heavy (non-hydrogen) atoms. The Kier molecular flexibility index (Phi) is 4.41. The zero-order chi connectivity index (χ0) is 16.3. The van der Waals surface area contributed by atoms with Gasteiger partial charge >= 0.3 is 6.09 Å². The van der Waals surface area contributed by atoms with Crippen LogP contribution in [-0.2, 0) is 4.74 Å². The van der Waals surface area contributed by atoms with E-state index in [-0.39, 0.29) is 11.4 Å². The zero-order valence-electron chi connectivity index (χ0n) is 12.3. The molecular weight excluding hydrogens is 306 g/mol. The van der Waals surface area contributed by atoms with Gasteiger partial charge in [0.1, 0.15) is 16.3 Å². The molecule has 0 aliphatic carbocycles. The second kappa shape index (κ2) is 6.10. The van der Waals surface area contributed by atoms with E-state index in [1.165, 1.54) is 23.5 Å². The summed E-state index contributed by atoms with van der Waals surface area (Å²) >= 11 is 1.38. The molecule has 1 aromatic carbocycles. The lowest BCUT2D eigenvalue weighted by atomic mass is 10.2. The van der Waals surface area contributed by atoms with Crippen LogP contribution < -0.4 is 5.32 Å². The molecule has 0 spiro atoms. The van der Waals surface area contributed by atoms with Gasteiger partial charge in [-0.1, -0.05) is 0 Å². The van der Waals surface area contributed by atoms with Gasteiger partial charge in [-0.2, -0.15) is 0 Å². The van der Waals surface area contributed by atoms with E-state index in [1.807, 2.05) is 0 Å². The predicted molar refractivity (Wildman–Crippen MR) is 84.1 cm³/mol. The van der Waals surface area contributed by atoms with Crippen molar-refractivity contribution in [2.24, 2.45) is 0 Å². The second-order valence-corrected chi connectivity index (χ2v) is 6.35. The highest BCUT2D eigenvalue weighted by Gasteiger charge is 2.21. The fraction of sp³-hybridized carbons (Fsp3) is 0.286. The molecule has 0 bridgehead atoms. The second-order valence-electron chi connectivity index (χ2n) is 5.45. The normalized spacial score (nSPS) is 11.0. The molecule has 0 radical (unpaired) electrons. The summed E-state index contributed by atoms with van der Waals surface area (Å²) in [6, 6.07) is 4.52. The van der Waals surface area contributed by atoms with Crippen LogP contribution >= 0.6 is 11.3 Å². The number of hydrogen-bond donors (Lipinski definition) is 1. The van der Waals surface area contributed by atoms with Crippen LogP contribution in [0.15, 0.2) is 29.8 Å². The Morgan fingerprint density at radius 1 is 1.41 bits per heavy atom. The molecule has 1 amide bonds. The number of hydrogen-bond acceptors (Lipinski definition) is 6. The molecule has 0 atom stereocenters. The van der Waals surface area contributed by atoms with Crippen LogP contribution in [0.2, 0.25) is 0 Å². The Bertz CT molecular complexity index is 693. The number of carbonyl (C=O) groups excluding carboxylic acids is 1. The molecule has 116 valence electrons.